The Balaban J connectivity index is 1.72. The van der Waals surface area contributed by atoms with E-state index in [0.29, 0.717) is 0 Å². The van der Waals surface area contributed by atoms with Crippen LogP contribution in [-0.2, 0) is 6.42 Å². The third-order valence-electron chi connectivity index (χ3n) is 5.53. The number of methoxy groups -OCH3 is 1. The van der Waals surface area contributed by atoms with Crippen molar-refractivity contribution in [3.63, 3.8) is 0 Å². The minimum Gasteiger partial charge on any atom is -0.494 e. The van der Waals surface area contributed by atoms with E-state index in [2.05, 4.69) is 72.0 Å². The first-order chi connectivity index (χ1) is 14.4. The number of aromatic nitrogens is 2. The summed E-state index contributed by atoms with van der Waals surface area (Å²) in [6.45, 7) is 0.922. The van der Waals surface area contributed by atoms with E-state index in [1.807, 2.05) is 22.9 Å². The number of anilines is 1. The zero-order valence-electron chi connectivity index (χ0n) is 16.4. The Morgan fingerprint density at radius 3 is 2.14 bits per heavy atom. The summed E-state index contributed by atoms with van der Waals surface area (Å²) in [5.74, 6) is 1.97. The average Bonchev–Trinajstić information content (AvgIpc) is 3.39. The van der Waals surface area contributed by atoms with Crippen LogP contribution >= 0.6 is 0 Å². The molecule has 0 saturated carbocycles. The molecule has 4 aromatic rings. The molecule has 0 bridgehead atoms. The van der Waals surface area contributed by atoms with Crippen LogP contribution in [0.5, 0.6) is 5.75 Å². The highest BCUT2D eigenvalue weighted by Crippen LogP contribution is 2.39. The largest absolute Gasteiger partial charge is 0.494 e. The summed E-state index contributed by atoms with van der Waals surface area (Å²) in [5.41, 5.74) is 5.84. The Kier molecular flexibility index (Phi) is 4.53. The van der Waals surface area contributed by atoms with Gasteiger partial charge in [-0.1, -0.05) is 72.8 Å². The minimum absolute atomic E-state index is 0.0852. The summed E-state index contributed by atoms with van der Waals surface area (Å²) >= 11 is 0. The second-order valence-electron chi connectivity index (χ2n) is 7.23. The molecule has 1 aliphatic rings. The van der Waals surface area contributed by atoms with Crippen molar-refractivity contribution in [3.8, 4) is 11.4 Å². The lowest BCUT2D eigenvalue weighted by molar-refractivity contribution is 0.412. The molecule has 4 heteroatoms. The molecule has 4 nitrogen and oxygen atoms in total. The van der Waals surface area contributed by atoms with Crippen LogP contribution in [0.25, 0.3) is 5.69 Å². The summed E-state index contributed by atoms with van der Waals surface area (Å²) in [5, 5.41) is 8.68. The standard InChI is InChI=1S/C25H23N3O/c1-29-22-15-9-8-14-21(22)28-25-20(16-17-26-25)24(27-28)23(18-10-4-2-5-11-18)19-12-6-3-7-13-19/h2-15,23,26H,16-17H2,1H3. The van der Waals surface area contributed by atoms with Gasteiger partial charge < -0.3 is 10.1 Å². The second kappa shape index (κ2) is 7.47. The molecule has 0 fully saturated rings. The number of nitrogens with zero attached hydrogens (tertiary/aromatic N) is 2. The maximum atomic E-state index is 5.61. The van der Waals surface area contributed by atoms with Crippen LogP contribution in [-0.4, -0.2) is 23.4 Å². The number of fused-ring (bicyclic) bond motifs is 1. The Hall–Kier alpha value is -3.53. The quantitative estimate of drug-likeness (QED) is 0.527. The number of rotatable bonds is 5. The maximum absolute atomic E-state index is 5.61. The van der Waals surface area contributed by atoms with Gasteiger partial charge in [0.15, 0.2) is 0 Å². The van der Waals surface area contributed by atoms with Gasteiger partial charge >= 0.3 is 0 Å². The lowest BCUT2D eigenvalue weighted by Crippen LogP contribution is -2.10. The van der Waals surface area contributed by atoms with Gasteiger partial charge in [0.05, 0.1) is 18.7 Å². The minimum atomic E-state index is 0.0852. The van der Waals surface area contributed by atoms with Crippen molar-refractivity contribution in [1.29, 1.82) is 0 Å². The third kappa shape index (κ3) is 3.07. The lowest BCUT2D eigenvalue weighted by Gasteiger charge is -2.17. The van der Waals surface area contributed by atoms with Crippen LogP contribution in [0.1, 0.15) is 28.3 Å². The van der Waals surface area contributed by atoms with E-state index in [-0.39, 0.29) is 5.92 Å². The van der Waals surface area contributed by atoms with Crippen LogP contribution in [0.3, 0.4) is 0 Å². The topological polar surface area (TPSA) is 39.1 Å². The second-order valence-corrected chi connectivity index (χ2v) is 7.23. The highest BCUT2D eigenvalue weighted by atomic mass is 16.5. The molecule has 1 aromatic heterocycles. The number of benzene rings is 3. The fourth-order valence-electron chi connectivity index (χ4n) is 4.21. The van der Waals surface area contributed by atoms with E-state index < -0.39 is 0 Å². The van der Waals surface area contributed by atoms with Crippen LogP contribution in [0, 0.1) is 0 Å². The SMILES string of the molecule is COc1ccccc1-n1nc(C(c2ccccc2)c2ccccc2)c2c1NCC2. The molecule has 5 rings (SSSR count). The molecular weight excluding hydrogens is 358 g/mol. The normalized spacial score (nSPS) is 12.6. The van der Waals surface area contributed by atoms with Crippen LogP contribution in [0.15, 0.2) is 84.9 Å². The van der Waals surface area contributed by atoms with Crippen molar-refractivity contribution < 1.29 is 4.74 Å². The van der Waals surface area contributed by atoms with Gasteiger partial charge in [-0.25, -0.2) is 4.68 Å². The molecule has 0 atom stereocenters. The maximum Gasteiger partial charge on any atom is 0.144 e. The molecule has 1 N–H and O–H groups in total. The number of nitrogens with one attached hydrogen (secondary N) is 1. The fourth-order valence-corrected chi connectivity index (χ4v) is 4.21. The predicted molar refractivity (Wildman–Crippen MR) is 116 cm³/mol. The van der Waals surface area contributed by atoms with Gasteiger partial charge in [-0.2, -0.15) is 5.10 Å². The van der Waals surface area contributed by atoms with Gasteiger partial charge in [0.25, 0.3) is 0 Å². The van der Waals surface area contributed by atoms with Gasteiger partial charge in [0.2, 0.25) is 0 Å². The third-order valence-corrected chi connectivity index (χ3v) is 5.53. The van der Waals surface area contributed by atoms with Gasteiger partial charge in [0.1, 0.15) is 17.3 Å². The van der Waals surface area contributed by atoms with Crippen LogP contribution in [0.2, 0.25) is 0 Å². The first-order valence-corrected chi connectivity index (χ1v) is 9.96. The zero-order chi connectivity index (χ0) is 19.6. The van der Waals surface area contributed by atoms with Crippen molar-refractivity contribution in [2.75, 3.05) is 19.0 Å². The zero-order valence-corrected chi connectivity index (χ0v) is 16.4. The molecule has 0 saturated heterocycles. The van der Waals surface area contributed by atoms with Crippen molar-refractivity contribution in [1.82, 2.24) is 9.78 Å². The fraction of sp³-hybridized carbons (Fsp3) is 0.160. The number of hydrogen-bond donors (Lipinski definition) is 1. The summed E-state index contributed by atoms with van der Waals surface area (Å²) in [6, 6.07) is 29.3. The van der Waals surface area contributed by atoms with E-state index in [4.69, 9.17) is 9.84 Å². The first-order valence-electron chi connectivity index (χ1n) is 9.96. The smallest absolute Gasteiger partial charge is 0.144 e. The number of ether oxygens (including phenoxy) is 1. The summed E-state index contributed by atoms with van der Waals surface area (Å²) < 4.78 is 7.62. The van der Waals surface area contributed by atoms with Gasteiger partial charge in [0, 0.05) is 12.1 Å². The van der Waals surface area contributed by atoms with Crippen molar-refractivity contribution in [2.45, 2.75) is 12.3 Å². The number of hydrogen-bond acceptors (Lipinski definition) is 3. The molecule has 0 spiro atoms. The predicted octanol–water partition coefficient (Wildman–Crippen LogP) is 5.03. The summed E-state index contributed by atoms with van der Waals surface area (Å²) in [4.78, 5) is 0. The molecule has 2 heterocycles. The summed E-state index contributed by atoms with van der Waals surface area (Å²) in [6.07, 6.45) is 0.968. The monoisotopic (exact) mass is 381 g/mol. The van der Waals surface area contributed by atoms with Crippen LogP contribution in [0.4, 0.5) is 5.82 Å². The molecule has 0 aliphatic carbocycles. The molecule has 29 heavy (non-hydrogen) atoms. The molecule has 0 amide bonds. The molecule has 3 aromatic carbocycles. The van der Waals surface area contributed by atoms with E-state index >= 15 is 0 Å². The Morgan fingerprint density at radius 2 is 1.48 bits per heavy atom. The molecule has 0 radical (unpaired) electrons. The van der Waals surface area contributed by atoms with Crippen molar-refractivity contribution >= 4 is 5.82 Å². The van der Waals surface area contributed by atoms with Gasteiger partial charge in [-0.15, -0.1) is 0 Å². The van der Waals surface area contributed by atoms with Crippen LogP contribution < -0.4 is 10.1 Å². The lowest BCUT2D eigenvalue weighted by atomic mass is 9.86. The molecular formula is C25H23N3O. The van der Waals surface area contributed by atoms with E-state index in [0.717, 1.165) is 35.9 Å². The van der Waals surface area contributed by atoms with Gasteiger partial charge in [-0.05, 0) is 29.7 Å². The van der Waals surface area contributed by atoms with Gasteiger partial charge in [-0.3, -0.25) is 0 Å². The Morgan fingerprint density at radius 1 is 0.862 bits per heavy atom. The van der Waals surface area contributed by atoms with E-state index in [9.17, 15) is 0 Å². The Bertz CT molecular complexity index is 1080. The van der Waals surface area contributed by atoms with Crippen molar-refractivity contribution in [2.24, 2.45) is 0 Å². The average molecular weight is 381 g/mol. The van der Waals surface area contributed by atoms with E-state index in [1.54, 1.807) is 7.11 Å². The first kappa shape index (κ1) is 17.6. The summed E-state index contributed by atoms with van der Waals surface area (Å²) in [7, 11) is 1.70. The molecule has 0 unspecified atom stereocenters. The highest BCUT2D eigenvalue weighted by Gasteiger charge is 2.30. The molecule has 1 aliphatic heterocycles. The highest BCUT2D eigenvalue weighted by molar-refractivity contribution is 5.62. The Labute approximate surface area is 170 Å². The van der Waals surface area contributed by atoms with Crippen molar-refractivity contribution in [3.05, 3.63) is 107 Å². The molecule has 144 valence electrons. The van der Waals surface area contributed by atoms with E-state index in [1.165, 1.54) is 16.7 Å². The number of para-hydroxylation sites is 2.